The van der Waals surface area contributed by atoms with Gasteiger partial charge in [-0.2, -0.15) is 0 Å². The Labute approximate surface area is 253 Å². The fourth-order valence-corrected chi connectivity index (χ4v) is 8.25. The maximum atomic E-state index is 10.9. The van der Waals surface area contributed by atoms with E-state index in [2.05, 4.69) is 39.1 Å². The summed E-state index contributed by atoms with van der Waals surface area (Å²) in [4.78, 5) is 2.61. The summed E-state index contributed by atoms with van der Waals surface area (Å²) < 4.78 is 20.3. The van der Waals surface area contributed by atoms with Crippen molar-refractivity contribution in [2.75, 3.05) is 51.8 Å². The van der Waals surface area contributed by atoms with Crippen molar-refractivity contribution in [3.63, 3.8) is 0 Å². The number of aliphatic hydroxyl groups excluding tert-OH is 1. The maximum absolute atomic E-state index is 10.9. The van der Waals surface area contributed by atoms with Gasteiger partial charge in [0.1, 0.15) is 30.8 Å². The van der Waals surface area contributed by atoms with E-state index in [1.165, 1.54) is 80.9 Å². The molecule has 5 aliphatic rings. The van der Waals surface area contributed by atoms with Gasteiger partial charge in [-0.3, -0.25) is 5.32 Å². The number of hydrogen-bond donors (Lipinski definition) is 2. The molecule has 43 heavy (non-hydrogen) atoms. The summed E-state index contributed by atoms with van der Waals surface area (Å²) in [5.41, 5.74) is 11.7. The van der Waals surface area contributed by atoms with E-state index in [1.54, 1.807) is 14.2 Å². The van der Waals surface area contributed by atoms with Crippen LogP contribution in [0.3, 0.4) is 0 Å². The molecule has 0 amide bonds. The molecule has 0 saturated carbocycles. The van der Waals surface area contributed by atoms with E-state index in [-0.39, 0.29) is 0 Å². The van der Waals surface area contributed by atoms with Crippen LogP contribution < -0.4 is 30.1 Å². The van der Waals surface area contributed by atoms with Gasteiger partial charge in [-0.05, 0) is 67.3 Å². The summed E-state index contributed by atoms with van der Waals surface area (Å²) in [5, 5.41) is 16.7. The van der Waals surface area contributed by atoms with Gasteiger partial charge in [0.25, 0.3) is 0 Å². The lowest BCUT2D eigenvalue weighted by molar-refractivity contribution is -0.104. The Morgan fingerprint density at radius 1 is 0.884 bits per heavy atom. The van der Waals surface area contributed by atoms with Crippen molar-refractivity contribution in [3.05, 3.63) is 85.9 Å². The smallest absolute Gasteiger partial charge is 0.210 e. The molecular formula is C36H42N3O4+. The molecule has 5 aliphatic heterocycles. The van der Waals surface area contributed by atoms with E-state index in [0.29, 0.717) is 6.54 Å². The molecule has 1 unspecified atom stereocenters. The highest BCUT2D eigenvalue weighted by Gasteiger charge is 2.35. The zero-order chi connectivity index (χ0) is 29.1. The highest BCUT2D eigenvalue weighted by molar-refractivity contribution is 5.89. The molecule has 8 rings (SSSR count). The number of ether oxygens (including phenoxy) is 3. The number of methoxy groups -OCH3 is 2. The van der Waals surface area contributed by atoms with Crippen molar-refractivity contribution >= 4 is 11.3 Å². The Morgan fingerprint density at radius 2 is 1.60 bits per heavy atom. The number of anilines is 1. The van der Waals surface area contributed by atoms with Gasteiger partial charge in [0.2, 0.25) is 5.36 Å². The number of nitrogens with one attached hydrogen (secondary N) is 1. The van der Waals surface area contributed by atoms with E-state index in [1.807, 2.05) is 12.1 Å². The highest BCUT2D eigenvalue weighted by atomic mass is 16.7. The van der Waals surface area contributed by atoms with E-state index >= 15 is 0 Å². The molecule has 0 radical (unpaired) electrons. The molecule has 2 N–H and O–H groups in total. The second-order valence-electron chi connectivity index (χ2n) is 12.7. The molecule has 1 atom stereocenters. The largest absolute Gasteiger partial charge is 0.455 e. The van der Waals surface area contributed by atoms with E-state index < -0.39 is 12.5 Å². The minimum absolute atomic E-state index is 0.390. The summed E-state index contributed by atoms with van der Waals surface area (Å²) in [6.45, 7) is 4.97. The third-order valence-electron chi connectivity index (χ3n) is 10.2. The van der Waals surface area contributed by atoms with Crippen LogP contribution >= 0.6 is 0 Å². The van der Waals surface area contributed by atoms with Crippen LogP contribution in [0.15, 0.2) is 36.4 Å². The molecule has 0 bridgehead atoms. The Kier molecular flexibility index (Phi) is 7.02. The van der Waals surface area contributed by atoms with Gasteiger partial charge < -0.3 is 24.2 Å². The molecule has 3 aromatic rings. The van der Waals surface area contributed by atoms with E-state index in [4.69, 9.17) is 14.2 Å². The predicted octanol–water partition coefficient (Wildman–Crippen LogP) is 3.32. The van der Waals surface area contributed by atoms with E-state index in [0.717, 1.165) is 68.9 Å². The first-order valence-corrected chi connectivity index (χ1v) is 16.1. The Balaban J connectivity index is 1.32. The van der Waals surface area contributed by atoms with Crippen molar-refractivity contribution in [2.24, 2.45) is 0 Å². The zero-order valence-corrected chi connectivity index (χ0v) is 25.4. The zero-order valence-electron chi connectivity index (χ0n) is 25.4. The number of aliphatic hydroxyl groups is 1. The first-order chi connectivity index (χ1) is 21.1. The molecule has 7 heteroatoms. The van der Waals surface area contributed by atoms with Crippen LogP contribution in [0.5, 0.6) is 11.5 Å². The quantitative estimate of drug-likeness (QED) is 0.258. The molecular weight excluding hydrogens is 538 g/mol. The van der Waals surface area contributed by atoms with Gasteiger partial charge in [0.05, 0.1) is 5.56 Å². The van der Waals surface area contributed by atoms with Crippen LogP contribution in [-0.4, -0.2) is 58.3 Å². The molecule has 224 valence electrons. The van der Waals surface area contributed by atoms with Gasteiger partial charge in [-0.15, -0.1) is 0 Å². The normalized spacial score (nSPS) is 18.9. The number of benzene rings is 3. The lowest BCUT2D eigenvalue weighted by Gasteiger charge is -2.39. The average molecular weight is 581 g/mol. The van der Waals surface area contributed by atoms with Crippen molar-refractivity contribution in [1.82, 2.24) is 9.89 Å². The van der Waals surface area contributed by atoms with Crippen molar-refractivity contribution < 1.29 is 19.3 Å². The average Bonchev–Trinajstić information content (AvgIpc) is 3.05. The van der Waals surface area contributed by atoms with Crippen molar-refractivity contribution in [2.45, 2.75) is 63.9 Å². The molecule has 0 saturated heterocycles. The number of aryl methyl sites for hydroxylation is 2. The minimum atomic E-state index is -0.814. The fraction of sp³-hybridized carbons (Fsp3) is 0.472. The predicted molar refractivity (Wildman–Crippen MR) is 167 cm³/mol. The summed E-state index contributed by atoms with van der Waals surface area (Å²) in [5.74, 6) is 2.15. The first kappa shape index (κ1) is 27.3. The van der Waals surface area contributed by atoms with Crippen LogP contribution in [0.1, 0.15) is 70.9 Å². The second-order valence-corrected chi connectivity index (χ2v) is 12.7. The standard InChI is InChI=1S/C36H42N3O4/c1-41-30(42-2)21-37-36(40)23-13-11-22(12-14-23)31-28-19-24-7-3-15-38-17-5-9-26(32(24)38)34(28)43-35-27-10-6-18-39-16-4-8-25(33(27)39)20-29(31)35/h11-14,19-20,30,36-37,40H,3-10,15-18,21H2,1-2H3/q+1. The maximum Gasteiger partial charge on any atom is 0.210 e. The fourth-order valence-electron chi connectivity index (χ4n) is 8.25. The molecule has 0 spiro atoms. The topological polar surface area (TPSA) is 66.2 Å². The summed E-state index contributed by atoms with van der Waals surface area (Å²) >= 11 is 0. The number of nitrogens with zero attached hydrogens (tertiary/aromatic N) is 2. The lowest BCUT2D eigenvalue weighted by Crippen LogP contribution is -2.45. The van der Waals surface area contributed by atoms with Crippen LogP contribution in [0.25, 0.3) is 5.57 Å². The summed E-state index contributed by atoms with van der Waals surface area (Å²) in [6, 6.07) is 13.3. The Hall–Kier alpha value is -3.23. The highest BCUT2D eigenvalue weighted by Crippen LogP contribution is 2.48. The second kappa shape index (κ2) is 11.0. The molecule has 3 aromatic carbocycles. The van der Waals surface area contributed by atoms with Crippen LogP contribution in [0.2, 0.25) is 0 Å². The first-order valence-electron chi connectivity index (χ1n) is 16.1. The van der Waals surface area contributed by atoms with Gasteiger partial charge >= 0.3 is 0 Å². The van der Waals surface area contributed by atoms with Gasteiger partial charge in [-0.25, -0.2) is 4.58 Å². The van der Waals surface area contributed by atoms with Crippen molar-refractivity contribution in [3.8, 4) is 11.5 Å². The van der Waals surface area contributed by atoms with Crippen LogP contribution in [0, 0.1) is 0 Å². The monoisotopic (exact) mass is 580 g/mol. The molecule has 7 nitrogen and oxygen atoms in total. The van der Waals surface area contributed by atoms with Gasteiger partial charge in [-0.1, -0.05) is 24.3 Å². The molecule has 0 fully saturated rings. The van der Waals surface area contributed by atoms with E-state index in [9.17, 15) is 5.11 Å². The third kappa shape index (κ3) is 4.51. The van der Waals surface area contributed by atoms with Crippen LogP contribution in [-0.2, 0) is 35.2 Å². The Morgan fingerprint density at radius 3 is 2.40 bits per heavy atom. The number of fused-ring (bicyclic) bond motifs is 4. The number of hydrogen-bond acceptors (Lipinski definition) is 6. The third-order valence-corrected chi connectivity index (χ3v) is 10.2. The molecule has 0 aromatic heterocycles. The minimum Gasteiger partial charge on any atom is -0.455 e. The van der Waals surface area contributed by atoms with Gasteiger partial charge in [0, 0.05) is 79.9 Å². The lowest BCUT2D eigenvalue weighted by atomic mass is 9.82. The molecule has 0 aliphatic carbocycles. The molecule has 5 heterocycles. The number of rotatable bonds is 7. The Bertz CT molecular complexity index is 1700. The van der Waals surface area contributed by atoms with Crippen LogP contribution in [0.4, 0.5) is 5.69 Å². The summed E-state index contributed by atoms with van der Waals surface area (Å²) in [7, 11) is 3.20. The summed E-state index contributed by atoms with van der Waals surface area (Å²) in [6.07, 6.45) is 7.91. The van der Waals surface area contributed by atoms with Crippen molar-refractivity contribution in [1.29, 1.82) is 0 Å². The van der Waals surface area contributed by atoms with Gasteiger partial charge in [0.15, 0.2) is 6.29 Å². The SMILES string of the molecule is COC(CNC(O)c1ccc(C2=c3cc4c5c(c3Oc3c2cc2c6c3CCCN6CCC2)CCC[N+]=5CCC4)cc1)OC.